The number of carbonyl (C=O) groups is 2. The summed E-state index contributed by atoms with van der Waals surface area (Å²) >= 11 is 12.4. The first-order valence-corrected chi connectivity index (χ1v) is 12.1. The number of hydrogen-bond acceptors (Lipinski definition) is 5. The van der Waals surface area contributed by atoms with Crippen LogP contribution in [0.4, 0.5) is 0 Å². The number of halogens is 2. The number of benzene rings is 2. The fourth-order valence-corrected chi connectivity index (χ4v) is 5.01. The third kappa shape index (κ3) is 4.42. The Hall–Kier alpha value is -3.29. The van der Waals surface area contributed by atoms with Crippen LogP contribution in [0, 0.1) is 0 Å². The van der Waals surface area contributed by atoms with Gasteiger partial charge < -0.3 is 19.3 Å². The largest absolute Gasteiger partial charge is 0.507 e. The number of carbonyl (C=O) groups excluding carboxylic acids is 2. The number of hydrogen-bond donors (Lipinski definition) is 1. The molecule has 2 aliphatic heterocycles. The number of likely N-dealkylation sites (tertiary alicyclic amines) is 1. The SMILES string of the molecule is C[C@H]1Cc2cc(/C(O)=C3\C(=O)C(=O)N(CCCn4ccnc4)[C@H]3c3ccc(Cl)c(Cl)c3)ccc2O1. The summed E-state index contributed by atoms with van der Waals surface area (Å²) in [6.45, 7) is 2.90. The lowest BCUT2D eigenvalue weighted by atomic mass is 9.94. The van der Waals surface area contributed by atoms with Gasteiger partial charge in [0.25, 0.3) is 11.7 Å². The number of aromatic nitrogens is 2. The number of aliphatic hydroxyl groups excluding tert-OH is 1. The lowest BCUT2D eigenvalue weighted by Crippen LogP contribution is -2.31. The first kappa shape index (κ1) is 23.5. The van der Waals surface area contributed by atoms with Crippen LogP contribution in [0.15, 0.2) is 60.7 Å². The molecule has 3 aromatic rings. The summed E-state index contributed by atoms with van der Waals surface area (Å²) in [5.74, 6) is -0.855. The zero-order chi connectivity index (χ0) is 24.7. The van der Waals surface area contributed by atoms with Gasteiger partial charge in [0.1, 0.15) is 17.6 Å². The van der Waals surface area contributed by atoms with Crippen LogP contribution >= 0.6 is 23.2 Å². The molecule has 1 saturated heterocycles. The van der Waals surface area contributed by atoms with Crippen molar-refractivity contribution in [2.45, 2.75) is 38.5 Å². The molecule has 0 unspecified atom stereocenters. The van der Waals surface area contributed by atoms with Crippen molar-refractivity contribution in [1.29, 1.82) is 0 Å². The smallest absolute Gasteiger partial charge is 0.295 e. The monoisotopic (exact) mass is 511 g/mol. The normalized spacial score (nSPS) is 20.8. The highest BCUT2D eigenvalue weighted by atomic mass is 35.5. The molecule has 0 aliphatic carbocycles. The maximum Gasteiger partial charge on any atom is 0.295 e. The predicted octanol–water partition coefficient (Wildman–Crippen LogP) is 5.03. The summed E-state index contributed by atoms with van der Waals surface area (Å²) in [5, 5.41) is 12.0. The Bertz CT molecular complexity index is 1340. The van der Waals surface area contributed by atoms with E-state index in [0.717, 1.165) is 11.3 Å². The highest BCUT2D eigenvalue weighted by Gasteiger charge is 2.46. The van der Waals surface area contributed by atoms with Crippen molar-refractivity contribution in [3.05, 3.63) is 87.4 Å². The van der Waals surface area contributed by atoms with Crippen molar-refractivity contribution >= 4 is 40.7 Å². The quantitative estimate of drug-likeness (QED) is 0.285. The zero-order valence-corrected chi connectivity index (χ0v) is 20.5. The second-order valence-corrected chi connectivity index (χ2v) is 9.59. The van der Waals surface area contributed by atoms with Crippen LogP contribution in [0.2, 0.25) is 10.0 Å². The van der Waals surface area contributed by atoms with Gasteiger partial charge in [0.2, 0.25) is 0 Å². The van der Waals surface area contributed by atoms with Crippen molar-refractivity contribution in [3.8, 4) is 5.75 Å². The number of ether oxygens (including phenoxy) is 1. The molecule has 1 amide bonds. The van der Waals surface area contributed by atoms with E-state index < -0.39 is 17.7 Å². The molecule has 7 nitrogen and oxygen atoms in total. The van der Waals surface area contributed by atoms with Crippen molar-refractivity contribution < 1.29 is 19.4 Å². The number of aryl methyl sites for hydroxylation is 1. The molecule has 0 bridgehead atoms. The van der Waals surface area contributed by atoms with Gasteiger partial charge in [0, 0.05) is 37.5 Å². The van der Waals surface area contributed by atoms with Crippen LogP contribution in [-0.4, -0.2) is 43.9 Å². The Morgan fingerprint density at radius 3 is 2.71 bits per heavy atom. The number of fused-ring (bicyclic) bond motifs is 1. The molecular weight excluding hydrogens is 489 g/mol. The third-order valence-electron chi connectivity index (χ3n) is 6.34. The molecule has 180 valence electrons. The van der Waals surface area contributed by atoms with E-state index in [1.54, 1.807) is 42.9 Å². The zero-order valence-electron chi connectivity index (χ0n) is 18.9. The van der Waals surface area contributed by atoms with Crippen molar-refractivity contribution in [2.75, 3.05) is 6.54 Å². The van der Waals surface area contributed by atoms with Crippen LogP contribution in [0.25, 0.3) is 5.76 Å². The van der Waals surface area contributed by atoms with Gasteiger partial charge in [-0.05, 0) is 54.8 Å². The van der Waals surface area contributed by atoms with Crippen LogP contribution in [0.1, 0.15) is 36.1 Å². The number of ketones is 1. The van der Waals surface area contributed by atoms with Gasteiger partial charge >= 0.3 is 0 Å². The lowest BCUT2D eigenvalue weighted by molar-refractivity contribution is -0.139. The number of Topliss-reactive ketones (excluding diaryl/α,β-unsaturated/α-hetero) is 1. The average Bonchev–Trinajstić information content (AvgIpc) is 3.54. The van der Waals surface area contributed by atoms with E-state index in [9.17, 15) is 14.7 Å². The molecule has 2 atom stereocenters. The first-order chi connectivity index (χ1) is 16.8. The van der Waals surface area contributed by atoms with Gasteiger partial charge in [-0.2, -0.15) is 0 Å². The number of amides is 1. The molecule has 3 heterocycles. The maximum atomic E-state index is 13.2. The molecule has 0 radical (unpaired) electrons. The van der Waals surface area contributed by atoms with Crippen molar-refractivity contribution in [1.82, 2.24) is 14.5 Å². The lowest BCUT2D eigenvalue weighted by Gasteiger charge is -2.25. The summed E-state index contributed by atoms with van der Waals surface area (Å²) < 4.78 is 7.65. The molecule has 2 aliphatic rings. The molecule has 1 fully saturated rings. The molecule has 9 heteroatoms. The van der Waals surface area contributed by atoms with Gasteiger partial charge in [-0.3, -0.25) is 9.59 Å². The Morgan fingerprint density at radius 1 is 1.14 bits per heavy atom. The van der Waals surface area contributed by atoms with Gasteiger partial charge in [-0.1, -0.05) is 29.3 Å². The minimum absolute atomic E-state index is 0.0305. The third-order valence-corrected chi connectivity index (χ3v) is 7.08. The van der Waals surface area contributed by atoms with E-state index in [4.69, 9.17) is 27.9 Å². The second kappa shape index (κ2) is 9.40. The van der Waals surface area contributed by atoms with Crippen molar-refractivity contribution in [3.63, 3.8) is 0 Å². The first-order valence-electron chi connectivity index (χ1n) is 11.3. The van der Waals surface area contributed by atoms with E-state index >= 15 is 0 Å². The molecule has 1 N–H and O–H groups in total. The molecule has 0 spiro atoms. The summed E-state index contributed by atoms with van der Waals surface area (Å²) in [4.78, 5) is 31.9. The van der Waals surface area contributed by atoms with Crippen LogP contribution in [0.3, 0.4) is 0 Å². The molecular formula is C26H23Cl2N3O4. The van der Waals surface area contributed by atoms with Crippen LogP contribution < -0.4 is 4.74 Å². The van der Waals surface area contributed by atoms with Crippen LogP contribution in [0.5, 0.6) is 5.75 Å². The van der Waals surface area contributed by atoms with E-state index in [2.05, 4.69) is 4.98 Å². The van der Waals surface area contributed by atoms with E-state index in [1.807, 2.05) is 23.8 Å². The van der Waals surface area contributed by atoms with Gasteiger partial charge in [0.15, 0.2) is 0 Å². The Morgan fingerprint density at radius 2 is 1.97 bits per heavy atom. The summed E-state index contributed by atoms with van der Waals surface area (Å²) in [6.07, 6.45) is 6.56. The minimum atomic E-state index is -0.795. The molecule has 0 saturated carbocycles. The fraction of sp³-hybridized carbons (Fsp3) is 0.269. The van der Waals surface area contributed by atoms with E-state index in [0.29, 0.717) is 47.1 Å². The Labute approximate surface area is 212 Å². The van der Waals surface area contributed by atoms with Crippen molar-refractivity contribution in [2.24, 2.45) is 0 Å². The number of rotatable bonds is 6. The molecule has 1 aromatic heterocycles. The Kier molecular flexibility index (Phi) is 6.30. The molecule has 2 aromatic carbocycles. The maximum absolute atomic E-state index is 13.2. The topological polar surface area (TPSA) is 84.7 Å². The fourth-order valence-electron chi connectivity index (χ4n) is 4.71. The molecule has 5 rings (SSSR count). The standard InChI is InChI=1S/C26H23Cl2N3O4/c1-15-11-18-12-17(4-6-21(18)35-15)24(32)22-23(16-3-5-19(27)20(28)13-16)31(26(34)25(22)33)9-2-8-30-10-7-29-14-30/h3-7,10,12-15,23,32H,2,8-9,11H2,1H3/b24-22+/t15-,23-/m0/s1. The predicted molar refractivity (Wildman–Crippen MR) is 133 cm³/mol. The Balaban J connectivity index is 1.55. The number of nitrogens with zero attached hydrogens (tertiary/aromatic N) is 3. The number of imidazole rings is 1. The van der Waals surface area contributed by atoms with Crippen LogP contribution in [-0.2, 0) is 22.6 Å². The van der Waals surface area contributed by atoms with E-state index in [1.165, 1.54) is 4.90 Å². The van der Waals surface area contributed by atoms with Gasteiger partial charge in [-0.25, -0.2) is 4.98 Å². The summed E-state index contributed by atoms with van der Waals surface area (Å²) in [6, 6.07) is 9.48. The summed E-state index contributed by atoms with van der Waals surface area (Å²) in [7, 11) is 0. The highest BCUT2D eigenvalue weighted by molar-refractivity contribution is 6.46. The second-order valence-electron chi connectivity index (χ2n) is 8.78. The highest BCUT2D eigenvalue weighted by Crippen LogP contribution is 2.42. The minimum Gasteiger partial charge on any atom is -0.507 e. The van der Waals surface area contributed by atoms with Gasteiger partial charge in [-0.15, -0.1) is 0 Å². The average molecular weight is 512 g/mol. The summed E-state index contributed by atoms with van der Waals surface area (Å²) in [5.41, 5.74) is 2.04. The van der Waals surface area contributed by atoms with Gasteiger partial charge in [0.05, 0.1) is 28.0 Å². The van der Waals surface area contributed by atoms with E-state index in [-0.39, 0.29) is 17.4 Å². The number of aliphatic hydroxyl groups is 1. The molecule has 35 heavy (non-hydrogen) atoms.